The molecule has 114 valence electrons. The van der Waals surface area contributed by atoms with Gasteiger partial charge in [0.1, 0.15) is 5.01 Å². The van der Waals surface area contributed by atoms with Crippen molar-refractivity contribution in [2.24, 2.45) is 0 Å². The van der Waals surface area contributed by atoms with Gasteiger partial charge in [0, 0.05) is 5.69 Å². The number of benzene rings is 2. The Bertz CT molecular complexity index is 781. The lowest BCUT2D eigenvalue weighted by Gasteiger charge is -2.28. The Morgan fingerprint density at radius 3 is 2.23 bits per heavy atom. The number of thiazole rings is 1. The van der Waals surface area contributed by atoms with Gasteiger partial charge in [0.2, 0.25) is 5.60 Å². The van der Waals surface area contributed by atoms with Crippen molar-refractivity contribution in [3.05, 3.63) is 59.1 Å². The number of aliphatic hydroxyl groups is 1. The Labute approximate surface area is 127 Å². The minimum atomic E-state index is -4.91. The summed E-state index contributed by atoms with van der Waals surface area (Å²) in [6.07, 6.45) is -4.91. The first-order valence-corrected chi connectivity index (χ1v) is 7.15. The minimum absolute atomic E-state index is 0.312. The van der Waals surface area contributed by atoms with Crippen LogP contribution in [0.25, 0.3) is 10.2 Å². The predicted octanol–water partition coefficient (Wildman–Crippen LogP) is 3.68. The molecule has 2 aromatic carbocycles. The van der Waals surface area contributed by atoms with E-state index in [0.717, 1.165) is 23.5 Å². The van der Waals surface area contributed by atoms with E-state index in [1.165, 1.54) is 12.1 Å². The van der Waals surface area contributed by atoms with Crippen molar-refractivity contribution >= 4 is 27.2 Å². The van der Waals surface area contributed by atoms with Gasteiger partial charge in [-0.05, 0) is 29.8 Å². The fraction of sp³-hybridized carbons (Fsp3) is 0.133. The molecule has 3 rings (SSSR count). The zero-order valence-electron chi connectivity index (χ0n) is 11.1. The maximum atomic E-state index is 13.6. The molecule has 1 atom stereocenters. The molecule has 3 N–H and O–H groups in total. The van der Waals surface area contributed by atoms with Gasteiger partial charge in [-0.1, -0.05) is 24.3 Å². The van der Waals surface area contributed by atoms with Crippen molar-refractivity contribution in [1.82, 2.24) is 4.98 Å². The van der Waals surface area contributed by atoms with Crippen molar-refractivity contribution in [1.29, 1.82) is 0 Å². The molecule has 0 radical (unpaired) electrons. The summed E-state index contributed by atoms with van der Waals surface area (Å²) in [4.78, 5) is 3.97. The molecular formula is C15H11F3N2OS. The van der Waals surface area contributed by atoms with E-state index >= 15 is 0 Å². The van der Waals surface area contributed by atoms with Gasteiger partial charge in [0.05, 0.1) is 10.2 Å². The second-order valence-corrected chi connectivity index (χ2v) is 5.85. The third-order valence-corrected chi connectivity index (χ3v) is 4.49. The number of nitrogen functional groups attached to an aromatic ring is 1. The first-order chi connectivity index (χ1) is 10.3. The molecule has 0 saturated heterocycles. The summed E-state index contributed by atoms with van der Waals surface area (Å²) < 4.78 is 41.3. The number of hydrogen-bond donors (Lipinski definition) is 2. The number of aromatic nitrogens is 1. The average molecular weight is 324 g/mol. The van der Waals surface area contributed by atoms with Crippen LogP contribution in [0.5, 0.6) is 0 Å². The van der Waals surface area contributed by atoms with Crippen LogP contribution in [0.15, 0.2) is 48.5 Å². The summed E-state index contributed by atoms with van der Waals surface area (Å²) >= 11 is 0.818. The van der Waals surface area contributed by atoms with Crippen molar-refractivity contribution < 1.29 is 18.3 Å². The van der Waals surface area contributed by atoms with Gasteiger partial charge in [-0.3, -0.25) is 0 Å². The highest BCUT2D eigenvalue weighted by Crippen LogP contribution is 2.46. The van der Waals surface area contributed by atoms with Crippen molar-refractivity contribution in [2.75, 3.05) is 5.73 Å². The number of nitrogens with two attached hydrogens (primary N) is 1. The molecule has 3 aromatic rings. The molecule has 3 nitrogen and oxygen atoms in total. The number of hydrogen-bond acceptors (Lipinski definition) is 4. The van der Waals surface area contributed by atoms with Crippen molar-refractivity contribution in [2.45, 2.75) is 11.8 Å². The van der Waals surface area contributed by atoms with Gasteiger partial charge < -0.3 is 10.8 Å². The maximum absolute atomic E-state index is 13.6. The first-order valence-electron chi connectivity index (χ1n) is 6.33. The number of nitrogens with zero attached hydrogens (tertiary/aromatic N) is 1. The average Bonchev–Trinajstić information content (AvgIpc) is 2.90. The molecule has 0 aliphatic rings. The number of para-hydroxylation sites is 1. The largest absolute Gasteiger partial charge is 0.428 e. The van der Waals surface area contributed by atoms with Gasteiger partial charge in [-0.25, -0.2) is 4.98 Å². The molecular weight excluding hydrogens is 313 g/mol. The second-order valence-electron chi connectivity index (χ2n) is 4.82. The number of halogens is 3. The van der Waals surface area contributed by atoms with E-state index in [0.29, 0.717) is 15.9 Å². The first kappa shape index (κ1) is 14.8. The van der Waals surface area contributed by atoms with E-state index in [4.69, 9.17) is 5.73 Å². The van der Waals surface area contributed by atoms with Crippen LogP contribution in [0.3, 0.4) is 0 Å². The van der Waals surface area contributed by atoms with E-state index in [9.17, 15) is 18.3 Å². The zero-order valence-corrected chi connectivity index (χ0v) is 11.9. The summed E-state index contributed by atoms with van der Waals surface area (Å²) in [5, 5.41) is 10.1. The van der Waals surface area contributed by atoms with E-state index < -0.39 is 16.8 Å². The van der Waals surface area contributed by atoms with Crippen LogP contribution in [0.4, 0.5) is 18.9 Å². The van der Waals surface area contributed by atoms with Crippen LogP contribution < -0.4 is 5.73 Å². The van der Waals surface area contributed by atoms with E-state index in [2.05, 4.69) is 4.98 Å². The number of fused-ring (bicyclic) bond motifs is 1. The van der Waals surface area contributed by atoms with Crippen LogP contribution in [-0.2, 0) is 5.60 Å². The van der Waals surface area contributed by atoms with Crippen LogP contribution in [-0.4, -0.2) is 16.3 Å². The quantitative estimate of drug-likeness (QED) is 0.707. The number of anilines is 1. The van der Waals surface area contributed by atoms with Crippen LogP contribution >= 0.6 is 11.3 Å². The lowest BCUT2D eigenvalue weighted by Crippen LogP contribution is -2.43. The topological polar surface area (TPSA) is 59.1 Å². The fourth-order valence-corrected chi connectivity index (χ4v) is 3.26. The van der Waals surface area contributed by atoms with Gasteiger partial charge in [0.25, 0.3) is 0 Å². The highest BCUT2D eigenvalue weighted by molar-refractivity contribution is 7.18. The molecule has 0 fully saturated rings. The monoisotopic (exact) mass is 324 g/mol. The standard InChI is InChI=1S/C15H11F3N2OS/c16-15(17,18)14(21,9-5-7-10(19)8-6-9)13-20-11-3-1-2-4-12(11)22-13/h1-8,21H,19H2. The van der Waals surface area contributed by atoms with Crippen LogP contribution in [0, 0.1) is 0 Å². The van der Waals surface area contributed by atoms with Gasteiger partial charge in [-0.2, -0.15) is 13.2 Å². The van der Waals surface area contributed by atoms with E-state index in [-0.39, 0.29) is 5.56 Å². The Morgan fingerprint density at radius 1 is 1.00 bits per heavy atom. The molecule has 0 aliphatic carbocycles. The Balaban J connectivity index is 2.24. The van der Waals surface area contributed by atoms with Gasteiger partial charge in [-0.15, -0.1) is 11.3 Å². The Kier molecular flexibility index (Phi) is 3.34. The summed E-state index contributed by atoms with van der Waals surface area (Å²) in [6, 6.07) is 11.6. The smallest absolute Gasteiger partial charge is 0.399 e. The van der Waals surface area contributed by atoms with E-state index in [1.807, 2.05) is 0 Å². The fourth-order valence-electron chi connectivity index (χ4n) is 2.16. The van der Waals surface area contributed by atoms with Gasteiger partial charge >= 0.3 is 6.18 Å². The molecule has 0 bridgehead atoms. The molecule has 22 heavy (non-hydrogen) atoms. The summed E-state index contributed by atoms with van der Waals surface area (Å²) in [5.74, 6) is 0. The number of rotatable bonds is 2. The second kappa shape index (κ2) is 4.96. The molecule has 7 heteroatoms. The molecule has 0 aliphatic heterocycles. The number of alkyl halides is 3. The summed E-state index contributed by atoms with van der Waals surface area (Å²) in [7, 11) is 0. The summed E-state index contributed by atoms with van der Waals surface area (Å²) in [5.41, 5.74) is 2.76. The molecule has 1 aromatic heterocycles. The third-order valence-electron chi connectivity index (χ3n) is 3.34. The lowest BCUT2D eigenvalue weighted by atomic mass is 9.93. The Hall–Kier alpha value is -2.12. The molecule has 1 unspecified atom stereocenters. The van der Waals surface area contributed by atoms with Crippen LogP contribution in [0.2, 0.25) is 0 Å². The summed E-state index contributed by atoms with van der Waals surface area (Å²) in [6.45, 7) is 0. The maximum Gasteiger partial charge on any atom is 0.428 e. The van der Waals surface area contributed by atoms with E-state index in [1.54, 1.807) is 24.3 Å². The van der Waals surface area contributed by atoms with Gasteiger partial charge in [0.15, 0.2) is 0 Å². The third kappa shape index (κ3) is 2.22. The molecule has 1 heterocycles. The molecule has 0 spiro atoms. The molecule has 0 saturated carbocycles. The lowest BCUT2D eigenvalue weighted by molar-refractivity contribution is -0.248. The highest BCUT2D eigenvalue weighted by atomic mass is 32.1. The molecule has 0 amide bonds. The minimum Gasteiger partial charge on any atom is -0.399 e. The van der Waals surface area contributed by atoms with Crippen molar-refractivity contribution in [3.8, 4) is 0 Å². The van der Waals surface area contributed by atoms with Crippen LogP contribution in [0.1, 0.15) is 10.6 Å². The Morgan fingerprint density at radius 2 is 1.64 bits per heavy atom. The zero-order chi connectivity index (χ0) is 16.0. The normalized spacial score (nSPS) is 14.9. The highest BCUT2D eigenvalue weighted by Gasteiger charge is 2.58. The predicted molar refractivity (Wildman–Crippen MR) is 79.5 cm³/mol. The van der Waals surface area contributed by atoms with Crippen molar-refractivity contribution in [3.63, 3.8) is 0 Å². The SMILES string of the molecule is Nc1ccc(C(O)(c2nc3ccccc3s2)C(F)(F)F)cc1.